The Morgan fingerprint density at radius 1 is 1.04 bits per heavy atom. The number of fused-ring (bicyclic) bond motifs is 1. The van der Waals surface area contributed by atoms with E-state index in [9.17, 15) is 10.4 Å². The highest BCUT2D eigenvalue weighted by atomic mass is 16.5. The van der Waals surface area contributed by atoms with Crippen LogP contribution in [0.1, 0.15) is 31.7 Å². The summed E-state index contributed by atoms with van der Waals surface area (Å²) in [6, 6.07) is 20.8. The van der Waals surface area contributed by atoms with Crippen molar-refractivity contribution in [2.75, 3.05) is 52.9 Å². The number of pyridine rings is 1. The summed E-state index contributed by atoms with van der Waals surface area (Å²) in [7, 11) is 5.22. The standard InChI is InChI=1S/C35H40N4O6/c1-35(40)15-18-43-23-33(35)39(2)16-7-8-17-44-32-20-28-27(19-31(32)42-4)34(24(21-36)22-37-28)38-25-11-13-26(14-12-25)45-30-10-6-5-9-29(30)41-3/h5-6,9-14,19-20,22,33,40H,7-8,15-18,23H2,1-4H3,(H,37,38). The molecule has 1 fully saturated rings. The Kier molecular flexibility index (Phi) is 10.2. The van der Waals surface area contributed by atoms with E-state index in [1.165, 1.54) is 0 Å². The summed E-state index contributed by atoms with van der Waals surface area (Å²) < 4.78 is 28.8. The number of aromatic nitrogens is 1. The van der Waals surface area contributed by atoms with Gasteiger partial charge in [-0.1, -0.05) is 12.1 Å². The highest BCUT2D eigenvalue weighted by molar-refractivity contribution is 5.97. The number of benzene rings is 3. The number of nitriles is 1. The molecule has 45 heavy (non-hydrogen) atoms. The maximum absolute atomic E-state index is 10.7. The van der Waals surface area contributed by atoms with Gasteiger partial charge in [0.2, 0.25) is 0 Å². The molecule has 4 aromatic rings. The fourth-order valence-electron chi connectivity index (χ4n) is 5.50. The molecular weight excluding hydrogens is 572 g/mol. The minimum Gasteiger partial charge on any atom is -0.493 e. The zero-order valence-electron chi connectivity index (χ0n) is 26.2. The van der Waals surface area contributed by atoms with Crippen molar-refractivity contribution in [3.05, 3.63) is 72.4 Å². The van der Waals surface area contributed by atoms with E-state index in [1.807, 2.05) is 74.6 Å². The van der Waals surface area contributed by atoms with E-state index in [4.69, 9.17) is 23.7 Å². The van der Waals surface area contributed by atoms with Gasteiger partial charge in [-0.25, -0.2) is 0 Å². The molecule has 2 atom stereocenters. The van der Waals surface area contributed by atoms with Gasteiger partial charge in [0.15, 0.2) is 23.0 Å². The van der Waals surface area contributed by atoms with E-state index in [0.717, 1.165) is 30.5 Å². The van der Waals surface area contributed by atoms with Crippen LogP contribution in [0.3, 0.4) is 0 Å². The van der Waals surface area contributed by atoms with Crippen LogP contribution in [0.5, 0.6) is 28.7 Å². The van der Waals surface area contributed by atoms with Gasteiger partial charge in [0.25, 0.3) is 0 Å². The SMILES string of the molecule is COc1cc2c(Nc3ccc(Oc4ccccc4OC)cc3)c(C#N)cnc2cc1OCCCCN(C)C1COCCC1(C)O. The van der Waals surface area contributed by atoms with Crippen LogP contribution in [0.15, 0.2) is 66.9 Å². The summed E-state index contributed by atoms with van der Waals surface area (Å²) in [6.45, 7) is 4.34. The molecule has 2 heterocycles. The number of para-hydroxylation sites is 2. The van der Waals surface area contributed by atoms with E-state index >= 15 is 0 Å². The summed E-state index contributed by atoms with van der Waals surface area (Å²) in [5.74, 6) is 3.05. The number of hydrogen-bond acceptors (Lipinski definition) is 10. The third-order valence-corrected chi connectivity index (χ3v) is 8.14. The minimum absolute atomic E-state index is 0.0235. The molecule has 10 heteroatoms. The van der Waals surface area contributed by atoms with Crippen LogP contribution in [0.25, 0.3) is 10.9 Å². The van der Waals surface area contributed by atoms with Gasteiger partial charge in [0.1, 0.15) is 11.8 Å². The Hall–Kier alpha value is -4.56. The molecule has 0 amide bonds. The predicted molar refractivity (Wildman–Crippen MR) is 173 cm³/mol. The molecule has 0 spiro atoms. The Morgan fingerprint density at radius 2 is 1.80 bits per heavy atom. The lowest BCUT2D eigenvalue weighted by Gasteiger charge is -2.42. The number of nitrogens with zero attached hydrogens (tertiary/aromatic N) is 3. The largest absolute Gasteiger partial charge is 0.493 e. The molecule has 236 valence electrons. The second-order valence-corrected chi connectivity index (χ2v) is 11.3. The smallest absolute Gasteiger partial charge is 0.169 e. The zero-order chi connectivity index (χ0) is 31.8. The maximum atomic E-state index is 10.7. The van der Waals surface area contributed by atoms with E-state index in [2.05, 4.69) is 21.3 Å². The Bertz CT molecular complexity index is 1640. The van der Waals surface area contributed by atoms with Crippen molar-refractivity contribution >= 4 is 22.3 Å². The van der Waals surface area contributed by atoms with Gasteiger partial charge in [-0.2, -0.15) is 5.26 Å². The lowest BCUT2D eigenvalue weighted by atomic mass is 9.90. The number of anilines is 2. The highest BCUT2D eigenvalue weighted by Crippen LogP contribution is 2.38. The number of ether oxygens (including phenoxy) is 5. The van der Waals surface area contributed by atoms with Crippen molar-refractivity contribution in [1.29, 1.82) is 5.26 Å². The topological polar surface area (TPSA) is 118 Å². The van der Waals surface area contributed by atoms with Gasteiger partial charge in [-0.15, -0.1) is 0 Å². The molecule has 3 aromatic carbocycles. The van der Waals surface area contributed by atoms with Gasteiger partial charge in [-0.3, -0.25) is 9.88 Å². The lowest BCUT2D eigenvalue weighted by Crippen LogP contribution is -2.55. The number of unbranched alkanes of at least 4 members (excludes halogenated alkanes) is 1. The molecule has 0 saturated carbocycles. The summed E-state index contributed by atoms with van der Waals surface area (Å²) in [6.07, 6.45) is 3.92. The molecule has 0 bridgehead atoms. The van der Waals surface area contributed by atoms with Crippen LogP contribution >= 0.6 is 0 Å². The monoisotopic (exact) mass is 612 g/mol. The molecular formula is C35H40N4O6. The van der Waals surface area contributed by atoms with E-state index in [1.54, 1.807) is 20.4 Å². The third kappa shape index (κ3) is 7.57. The molecule has 1 aliphatic heterocycles. The summed E-state index contributed by atoms with van der Waals surface area (Å²) in [4.78, 5) is 6.70. The van der Waals surface area contributed by atoms with Gasteiger partial charge in [-0.05, 0) is 75.8 Å². The molecule has 0 radical (unpaired) electrons. The summed E-state index contributed by atoms with van der Waals surface area (Å²) >= 11 is 0. The van der Waals surface area contributed by atoms with Crippen LogP contribution in [-0.2, 0) is 4.74 Å². The molecule has 5 rings (SSSR count). The zero-order valence-corrected chi connectivity index (χ0v) is 26.2. The fourth-order valence-corrected chi connectivity index (χ4v) is 5.50. The van der Waals surface area contributed by atoms with Crippen LogP contribution in [0.4, 0.5) is 11.4 Å². The second kappa shape index (κ2) is 14.5. The molecule has 2 N–H and O–H groups in total. The van der Waals surface area contributed by atoms with E-state index in [-0.39, 0.29) is 6.04 Å². The summed E-state index contributed by atoms with van der Waals surface area (Å²) in [5.41, 5.74) is 1.72. The predicted octanol–water partition coefficient (Wildman–Crippen LogP) is 6.29. The van der Waals surface area contributed by atoms with Crippen molar-refractivity contribution in [2.45, 2.75) is 37.8 Å². The first-order valence-electron chi connectivity index (χ1n) is 15.0. The first-order chi connectivity index (χ1) is 21.8. The van der Waals surface area contributed by atoms with Crippen molar-refractivity contribution in [3.8, 4) is 34.8 Å². The number of nitrogens with one attached hydrogen (secondary N) is 1. The van der Waals surface area contributed by atoms with Crippen molar-refractivity contribution in [1.82, 2.24) is 9.88 Å². The van der Waals surface area contributed by atoms with Gasteiger partial charge >= 0.3 is 0 Å². The number of aliphatic hydroxyl groups is 1. The van der Waals surface area contributed by atoms with Crippen LogP contribution in [0.2, 0.25) is 0 Å². The quantitative estimate of drug-likeness (QED) is 0.167. The van der Waals surface area contributed by atoms with Crippen molar-refractivity contribution < 1.29 is 28.8 Å². The van der Waals surface area contributed by atoms with E-state index < -0.39 is 5.60 Å². The molecule has 10 nitrogen and oxygen atoms in total. The molecule has 2 unspecified atom stereocenters. The van der Waals surface area contributed by atoms with Crippen LogP contribution in [0, 0.1) is 11.3 Å². The van der Waals surface area contributed by atoms with Crippen LogP contribution < -0.4 is 24.3 Å². The Labute approximate surface area is 264 Å². The fraction of sp³-hybridized carbons (Fsp3) is 0.371. The minimum atomic E-state index is -0.747. The highest BCUT2D eigenvalue weighted by Gasteiger charge is 2.37. The van der Waals surface area contributed by atoms with Gasteiger partial charge in [0, 0.05) is 36.4 Å². The maximum Gasteiger partial charge on any atom is 0.169 e. The molecule has 1 aliphatic rings. The Morgan fingerprint density at radius 3 is 2.51 bits per heavy atom. The number of hydrogen-bond donors (Lipinski definition) is 2. The average molecular weight is 613 g/mol. The van der Waals surface area contributed by atoms with Gasteiger partial charge in [0.05, 0.1) is 55.8 Å². The second-order valence-electron chi connectivity index (χ2n) is 11.3. The summed E-state index contributed by atoms with van der Waals surface area (Å²) in [5, 5.41) is 24.7. The third-order valence-electron chi connectivity index (χ3n) is 8.14. The van der Waals surface area contributed by atoms with Crippen molar-refractivity contribution in [2.24, 2.45) is 0 Å². The lowest BCUT2D eigenvalue weighted by molar-refractivity contribution is -0.113. The Balaban J connectivity index is 1.25. The first-order valence-corrected chi connectivity index (χ1v) is 15.0. The van der Waals surface area contributed by atoms with Crippen molar-refractivity contribution in [3.63, 3.8) is 0 Å². The number of methoxy groups -OCH3 is 2. The molecule has 1 saturated heterocycles. The van der Waals surface area contributed by atoms with Gasteiger partial charge < -0.3 is 34.1 Å². The van der Waals surface area contributed by atoms with E-state index in [0.29, 0.717) is 71.8 Å². The first kappa shape index (κ1) is 31.9. The normalized spacial score (nSPS) is 17.9. The molecule has 1 aromatic heterocycles. The molecule has 0 aliphatic carbocycles. The number of rotatable bonds is 13. The van der Waals surface area contributed by atoms with Crippen LogP contribution in [-0.4, -0.2) is 74.3 Å². The average Bonchev–Trinajstić information content (AvgIpc) is 3.05. The number of likely N-dealkylation sites (N-methyl/N-ethyl adjacent to an activating group) is 1.